The molecule has 0 spiro atoms. The molecule has 0 fully saturated rings. The molecule has 2 amide bonds. The fourth-order valence-electron chi connectivity index (χ4n) is 3.57. The summed E-state index contributed by atoms with van der Waals surface area (Å²) < 4.78 is 5.29. The number of amides is 2. The maximum absolute atomic E-state index is 13.3. The van der Waals surface area contributed by atoms with Gasteiger partial charge in [0.1, 0.15) is 11.8 Å². The van der Waals surface area contributed by atoms with Crippen LogP contribution in [0.5, 0.6) is 0 Å². The van der Waals surface area contributed by atoms with Crippen LogP contribution in [0.2, 0.25) is 0 Å². The first-order valence-electron chi connectivity index (χ1n) is 11.4. The van der Waals surface area contributed by atoms with Gasteiger partial charge in [0.05, 0.1) is 12.8 Å². The van der Waals surface area contributed by atoms with Crippen molar-refractivity contribution in [2.75, 3.05) is 17.8 Å². The highest BCUT2D eigenvalue weighted by atomic mass is 32.2. The Bertz CT molecular complexity index is 872. The Morgan fingerprint density at radius 3 is 2.64 bits per heavy atom. The molecule has 0 aliphatic rings. The second-order valence-corrected chi connectivity index (χ2v) is 9.87. The van der Waals surface area contributed by atoms with Gasteiger partial charge in [-0.15, -0.1) is 0 Å². The lowest BCUT2D eigenvalue weighted by atomic mass is 9.93. The van der Waals surface area contributed by atoms with Crippen LogP contribution in [0.25, 0.3) is 0 Å². The highest BCUT2D eigenvalue weighted by Crippen LogP contribution is 2.22. The summed E-state index contributed by atoms with van der Waals surface area (Å²) in [5, 5.41) is 5.85. The minimum atomic E-state index is -0.614. The summed E-state index contributed by atoms with van der Waals surface area (Å²) in [7, 11) is 0. The summed E-state index contributed by atoms with van der Waals surface area (Å²) in [5.41, 5.74) is 8.68. The Morgan fingerprint density at radius 1 is 1.21 bits per heavy atom. The van der Waals surface area contributed by atoms with Crippen molar-refractivity contribution in [2.45, 2.75) is 64.1 Å². The van der Waals surface area contributed by atoms with Crippen molar-refractivity contribution in [3.05, 3.63) is 59.0 Å². The third-order valence-electron chi connectivity index (χ3n) is 5.51. The molecule has 1 heterocycles. The Hall–Kier alpha value is -1.90. The monoisotopic (exact) mass is 491 g/mol. The van der Waals surface area contributed by atoms with Crippen molar-refractivity contribution < 1.29 is 14.0 Å². The quantitative estimate of drug-likeness (QED) is 0.298. The minimum Gasteiger partial charge on any atom is -0.467 e. The number of carbonyl (C=O) groups excluding carboxylic acids is 2. The van der Waals surface area contributed by atoms with Gasteiger partial charge < -0.3 is 20.8 Å². The zero-order valence-corrected chi connectivity index (χ0v) is 21.5. The third-order valence-corrected chi connectivity index (χ3v) is 6.62. The van der Waals surface area contributed by atoms with Gasteiger partial charge in [0.15, 0.2) is 0 Å². The van der Waals surface area contributed by atoms with Crippen LogP contribution in [-0.4, -0.2) is 41.7 Å². The lowest BCUT2D eigenvalue weighted by molar-refractivity contribution is -0.123. The van der Waals surface area contributed by atoms with Gasteiger partial charge in [-0.1, -0.05) is 26.0 Å². The van der Waals surface area contributed by atoms with Gasteiger partial charge in [0, 0.05) is 17.4 Å². The Balaban J connectivity index is 2.12. The summed E-state index contributed by atoms with van der Waals surface area (Å²) in [6, 6.07) is 9.13. The largest absolute Gasteiger partial charge is 0.467 e. The lowest BCUT2D eigenvalue weighted by Gasteiger charge is -2.20. The number of benzene rings is 1. The summed E-state index contributed by atoms with van der Waals surface area (Å²) in [6.45, 7) is 4.43. The standard InChI is InChI=1S/C25H37N3O3S2/c1-17(2)21-10-9-18(6-4-7-19(26)16-32)14-22(21)24(29)28-23(11-13-33-3)25(30)27-15-20-8-5-12-31-20/h5,8-10,12,14,17,19,23,32H,4,6-7,11,13,15-16,26H2,1-3H3,(H,27,30)(H,28,29)/t19?,23-/m0/s1. The minimum absolute atomic E-state index is 0.0860. The van der Waals surface area contributed by atoms with E-state index in [9.17, 15) is 9.59 Å². The van der Waals surface area contributed by atoms with Crippen molar-refractivity contribution in [1.29, 1.82) is 0 Å². The van der Waals surface area contributed by atoms with Gasteiger partial charge in [-0.2, -0.15) is 24.4 Å². The SMILES string of the molecule is CSCC[C@H](NC(=O)c1cc(CCCC(N)CS)ccc1C(C)C)C(=O)NCc1ccco1. The van der Waals surface area contributed by atoms with Gasteiger partial charge >= 0.3 is 0 Å². The zero-order chi connectivity index (χ0) is 24.2. The molecule has 0 bridgehead atoms. The molecule has 0 aliphatic heterocycles. The van der Waals surface area contributed by atoms with Crippen LogP contribution in [0.15, 0.2) is 41.0 Å². The number of furan rings is 1. The van der Waals surface area contributed by atoms with Crippen molar-refractivity contribution in [2.24, 2.45) is 5.73 Å². The van der Waals surface area contributed by atoms with E-state index >= 15 is 0 Å². The molecule has 6 nitrogen and oxygen atoms in total. The lowest BCUT2D eigenvalue weighted by Crippen LogP contribution is -2.47. The predicted molar refractivity (Wildman–Crippen MR) is 140 cm³/mol. The fraction of sp³-hybridized carbons (Fsp3) is 0.520. The van der Waals surface area contributed by atoms with Gasteiger partial charge in [0.2, 0.25) is 5.91 Å². The number of carbonyl (C=O) groups is 2. The number of aryl methyl sites for hydroxylation is 1. The number of nitrogens with two attached hydrogens (primary N) is 1. The molecule has 33 heavy (non-hydrogen) atoms. The van der Waals surface area contributed by atoms with E-state index in [1.165, 1.54) is 0 Å². The topological polar surface area (TPSA) is 97.4 Å². The molecule has 2 aromatic rings. The Kier molecular flexibility index (Phi) is 11.9. The van der Waals surface area contributed by atoms with E-state index in [1.807, 2.05) is 18.4 Å². The fourth-order valence-corrected chi connectivity index (χ4v) is 4.22. The smallest absolute Gasteiger partial charge is 0.252 e. The first-order valence-corrected chi connectivity index (χ1v) is 13.5. The van der Waals surface area contributed by atoms with Crippen LogP contribution >= 0.6 is 24.4 Å². The predicted octanol–water partition coefficient (Wildman–Crippen LogP) is 4.15. The van der Waals surface area contributed by atoms with Crippen LogP contribution in [-0.2, 0) is 17.8 Å². The van der Waals surface area contributed by atoms with E-state index in [0.29, 0.717) is 30.0 Å². The number of rotatable bonds is 14. The average molecular weight is 492 g/mol. The first-order chi connectivity index (χ1) is 15.8. The Labute approximate surface area is 207 Å². The molecule has 182 valence electrons. The number of hydrogen-bond donors (Lipinski definition) is 4. The van der Waals surface area contributed by atoms with Crippen molar-refractivity contribution in [3.8, 4) is 0 Å². The van der Waals surface area contributed by atoms with E-state index < -0.39 is 6.04 Å². The summed E-state index contributed by atoms with van der Waals surface area (Å²) >= 11 is 5.89. The Morgan fingerprint density at radius 2 is 2.00 bits per heavy atom. The van der Waals surface area contributed by atoms with E-state index in [0.717, 1.165) is 36.1 Å². The molecular formula is C25H37N3O3S2. The second kappa shape index (κ2) is 14.4. The van der Waals surface area contributed by atoms with E-state index in [1.54, 1.807) is 30.2 Å². The van der Waals surface area contributed by atoms with E-state index in [2.05, 4.69) is 43.2 Å². The highest BCUT2D eigenvalue weighted by molar-refractivity contribution is 7.98. The first kappa shape index (κ1) is 27.3. The summed E-state index contributed by atoms with van der Waals surface area (Å²) in [6.07, 6.45) is 6.79. The summed E-state index contributed by atoms with van der Waals surface area (Å²) in [4.78, 5) is 26.2. The maximum Gasteiger partial charge on any atom is 0.252 e. The van der Waals surface area contributed by atoms with Gasteiger partial charge in [-0.25, -0.2) is 0 Å². The van der Waals surface area contributed by atoms with Gasteiger partial charge in [-0.05, 0) is 72.9 Å². The molecule has 2 rings (SSSR count). The molecule has 4 N–H and O–H groups in total. The zero-order valence-electron chi connectivity index (χ0n) is 19.8. The van der Waals surface area contributed by atoms with Crippen molar-refractivity contribution in [1.82, 2.24) is 10.6 Å². The van der Waals surface area contributed by atoms with E-state index in [-0.39, 0.29) is 23.8 Å². The number of nitrogens with one attached hydrogen (secondary N) is 2. The molecule has 8 heteroatoms. The number of hydrogen-bond acceptors (Lipinski definition) is 6. The highest BCUT2D eigenvalue weighted by Gasteiger charge is 2.23. The van der Waals surface area contributed by atoms with Gasteiger partial charge in [-0.3, -0.25) is 9.59 Å². The normalized spacial score (nSPS) is 13.0. The van der Waals surface area contributed by atoms with Crippen LogP contribution < -0.4 is 16.4 Å². The van der Waals surface area contributed by atoms with Crippen molar-refractivity contribution in [3.63, 3.8) is 0 Å². The van der Waals surface area contributed by atoms with Crippen LogP contribution in [0.4, 0.5) is 0 Å². The average Bonchev–Trinajstić information content (AvgIpc) is 3.33. The van der Waals surface area contributed by atoms with E-state index in [4.69, 9.17) is 10.2 Å². The third kappa shape index (κ3) is 9.10. The molecular weight excluding hydrogens is 454 g/mol. The van der Waals surface area contributed by atoms with Gasteiger partial charge in [0.25, 0.3) is 5.91 Å². The van der Waals surface area contributed by atoms with Crippen LogP contribution in [0.1, 0.15) is 66.3 Å². The van der Waals surface area contributed by atoms with Crippen molar-refractivity contribution >= 4 is 36.2 Å². The molecule has 0 radical (unpaired) electrons. The molecule has 2 atom stereocenters. The molecule has 0 saturated carbocycles. The molecule has 1 unspecified atom stereocenters. The number of thiol groups is 1. The molecule has 1 aromatic heterocycles. The second-order valence-electron chi connectivity index (χ2n) is 8.52. The van der Waals surface area contributed by atoms with Crippen LogP contribution in [0, 0.1) is 0 Å². The maximum atomic E-state index is 13.3. The summed E-state index contributed by atoms with van der Waals surface area (Å²) in [5.74, 6) is 1.87. The van der Waals surface area contributed by atoms with Crippen LogP contribution in [0.3, 0.4) is 0 Å². The molecule has 0 saturated heterocycles. The number of thioether (sulfide) groups is 1. The molecule has 1 aromatic carbocycles. The molecule has 0 aliphatic carbocycles.